The summed E-state index contributed by atoms with van der Waals surface area (Å²) in [6.45, 7) is 10.8. The van der Waals surface area contributed by atoms with Gasteiger partial charge in [-0.2, -0.15) is 0 Å². The summed E-state index contributed by atoms with van der Waals surface area (Å²) in [7, 11) is 0. The highest BCUT2D eigenvalue weighted by Crippen LogP contribution is 2.21. The topological polar surface area (TPSA) is 43.4 Å². The van der Waals surface area contributed by atoms with Crippen LogP contribution in [0.4, 0.5) is 0 Å². The van der Waals surface area contributed by atoms with Crippen LogP contribution >= 0.6 is 0 Å². The number of rotatable bonds is 8. The normalized spacial score (nSPS) is 18.4. The van der Waals surface area contributed by atoms with Crippen LogP contribution < -0.4 is 10.1 Å². The Morgan fingerprint density at radius 3 is 2.95 bits per heavy atom. The second-order valence-corrected chi connectivity index (χ2v) is 6.11. The predicted molar refractivity (Wildman–Crippen MR) is 84.7 cm³/mol. The summed E-state index contributed by atoms with van der Waals surface area (Å²) in [5.41, 5.74) is 2.35. The van der Waals surface area contributed by atoms with Gasteiger partial charge in [-0.25, -0.2) is 4.98 Å². The third-order valence-corrected chi connectivity index (χ3v) is 3.72. The van der Waals surface area contributed by atoms with Gasteiger partial charge in [-0.1, -0.05) is 20.8 Å². The smallest absolute Gasteiger partial charge is 0.213 e. The maximum absolute atomic E-state index is 5.91. The third kappa shape index (κ3) is 5.29. The molecule has 0 aliphatic carbocycles. The average Bonchev–Trinajstić information content (AvgIpc) is 2.98. The van der Waals surface area contributed by atoms with E-state index in [4.69, 9.17) is 9.47 Å². The van der Waals surface area contributed by atoms with Gasteiger partial charge in [0, 0.05) is 30.8 Å². The van der Waals surface area contributed by atoms with Crippen molar-refractivity contribution in [3.05, 3.63) is 23.4 Å². The highest BCUT2D eigenvalue weighted by Gasteiger charge is 2.17. The van der Waals surface area contributed by atoms with Gasteiger partial charge in [-0.05, 0) is 36.9 Å². The molecule has 21 heavy (non-hydrogen) atoms. The Hall–Kier alpha value is -1.13. The van der Waals surface area contributed by atoms with Crippen molar-refractivity contribution in [3.8, 4) is 5.88 Å². The molecule has 0 aromatic carbocycles. The molecule has 0 amide bonds. The van der Waals surface area contributed by atoms with E-state index < -0.39 is 0 Å². The van der Waals surface area contributed by atoms with Crippen molar-refractivity contribution >= 4 is 0 Å². The van der Waals surface area contributed by atoms with E-state index in [-0.39, 0.29) is 0 Å². The number of nitrogens with zero attached hydrogens (tertiary/aromatic N) is 1. The van der Waals surface area contributed by atoms with E-state index in [0.29, 0.717) is 18.4 Å². The largest absolute Gasteiger partial charge is 0.477 e. The van der Waals surface area contributed by atoms with E-state index in [9.17, 15) is 0 Å². The molecule has 1 aliphatic rings. The minimum atomic E-state index is 0.410. The van der Waals surface area contributed by atoms with Gasteiger partial charge in [0.2, 0.25) is 5.88 Å². The maximum Gasteiger partial charge on any atom is 0.213 e. The van der Waals surface area contributed by atoms with Crippen molar-refractivity contribution in [1.82, 2.24) is 10.3 Å². The minimum absolute atomic E-state index is 0.410. The van der Waals surface area contributed by atoms with Crippen LogP contribution in [-0.2, 0) is 11.3 Å². The van der Waals surface area contributed by atoms with Crippen molar-refractivity contribution in [1.29, 1.82) is 0 Å². The Morgan fingerprint density at radius 2 is 2.29 bits per heavy atom. The molecule has 0 spiro atoms. The number of nitrogens with one attached hydrogen (secondary N) is 1. The Kier molecular flexibility index (Phi) is 6.46. The Bertz CT molecular complexity index is 429. The summed E-state index contributed by atoms with van der Waals surface area (Å²) >= 11 is 0. The molecule has 1 aromatic rings. The molecule has 0 saturated carbocycles. The maximum atomic E-state index is 5.91. The molecule has 1 fully saturated rings. The quantitative estimate of drug-likeness (QED) is 0.748. The summed E-state index contributed by atoms with van der Waals surface area (Å²) < 4.78 is 11.3. The fourth-order valence-electron chi connectivity index (χ4n) is 2.38. The zero-order valence-electron chi connectivity index (χ0n) is 13.5. The van der Waals surface area contributed by atoms with Crippen molar-refractivity contribution in [2.75, 3.05) is 26.4 Å². The first-order valence-electron chi connectivity index (χ1n) is 8.11. The molecule has 118 valence electrons. The molecule has 4 nitrogen and oxygen atoms in total. The van der Waals surface area contributed by atoms with E-state index in [1.54, 1.807) is 0 Å². The molecule has 1 aromatic heterocycles. The van der Waals surface area contributed by atoms with Crippen molar-refractivity contribution in [2.45, 2.75) is 46.1 Å². The molecular formula is C17H28N2O2. The van der Waals surface area contributed by atoms with Crippen LogP contribution in [0.25, 0.3) is 0 Å². The minimum Gasteiger partial charge on any atom is -0.477 e. The van der Waals surface area contributed by atoms with Crippen molar-refractivity contribution in [3.63, 3.8) is 0 Å². The van der Waals surface area contributed by atoms with E-state index in [1.807, 2.05) is 0 Å². The van der Waals surface area contributed by atoms with Crippen LogP contribution in [0.5, 0.6) is 5.88 Å². The number of ether oxygens (including phenoxy) is 2. The first-order chi connectivity index (χ1) is 10.2. The van der Waals surface area contributed by atoms with Crippen LogP contribution in [0, 0.1) is 5.92 Å². The lowest BCUT2D eigenvalue weighted by atomic mass is 10.1. The van der Waals surface area contributed by atoms with Crippen molar-refractivity contribution < 1.29 is 9.47 Å². The SMILES string of the molecule is CCCNCc1cc(OCC2CCOC2)nc(C(C)C)c1. The summed E-state index contributed by atoms with van der Waals surface area (Å²) in [6, 6.07) is 4.24. The van der Waals surface area contributed by atoms with Crippen molar-refractivity contribution in [2.24, 2.45) is 5.92 Å². The number of hydrogen-bond acceptors (Lipinski definition) is 4. The van der Waals surface area contributed by atoms with Gasteiger partial charge in [-0.15, -0.1) is 0 Å². The Balaban J connectivity index is 1.99. The van der Waals surface area contributed by atoms with Gasteiger partial charge < -0.3 is 14.8 Å². The molecule has 0 radical (unpaired) electrons. The molecule has 2 rings (SSSR count). The van der Waals surface area contributed by atoms with E-state index in [1.165, 1.54) is 5.56 Å². The first-order valence-corrected chi connectivity index (χ1v) is 8.11. The van der Waals surface area contributed by atoms with E-state index in [2.05, 4.69) is 43.2 Å². The summed E-state index contributed by atoms with van der Waals surface area (Å²) in [5, 5.41) is 3.44. The van der Waals surface area contributed by atoms with Gasteiger partial charge >= 0.3 is 0 Å². The van der Waals surface area contributed by atoms with Crippen LogP contribution in [-0.4, -0.2) is 31.3 Å². The Morgan fingerprint density at radius 1 is 1.43 bits per heavy atom. The Labute approximate surface area is 128 Å². The van der Waals surface area contributed by atoms with Gasteiger partial charge in [0.15, 0.2) is 0 Å². The highest BCUT2D eigenvalue weighted by atomic mass is 16.5. The second-order valence-electron chi connectivity index (χ2n) is 6.11. The lowest BCUT2D eigenvalue weighted by Crippen LogP contribution is -2.16. The number of hydrogen-bond donors (Lipinski definition) is 1. The molecule has 1 saturated heterocycles. The number of pyridine rings is 1. The molecule has 1 N–H and O–H groups in total. The third-order valence-electron chi connectivity index (χ3n) is 3.72. The second kappa shape index (κ2) is 8.35. The zero-order chi connectivity index (χ0) is 15.1. The monoisotopic (exact) mass is 292 g/mol. The zero-order valence-corrected chi connectivity index (χ0v) is 13.5. The molecule has 1 atom stereocenters. The van der Waals surface area contributed by atoms with E-state index in [0.717, 1.165) is 50.7 Å². The fraction of sp³-hybridized carbons (Fsp3) is 0.706. The lowest BCUT2D eigenvalue weighted by molar-refractivity contribution is 0.165. The summed E-state index contributed by atoms with van der Waals surface area (Å²) in [6.07, 6.45) is 2.24. The molecule has 1 unspecified atom stereocenters. The molecule has 2 heterocycles. The van der Waals surface area contributed by atoms with Gasteiger partial charge in [0.25, 0.3) is 0 Å². The van der Waals surface area contributed by atoms with Gasteiger partial charge in [0.05, 0.1) is 13.2 Å². The van der Waals surface area contributed by atoms with Crippen LogP contribution in [0.1, 0.15) is 50.8 Å². The highest BCUT2D eigenvalue weighted by molar-refractivity contribution is 5.26. The first kappa shape index (κ1) is 16.2. The standard InChI is InChI=1S/C17H28N2O2/c1-4-6-18-10-15-8-16(13(2)3)19-17(9-15)21-12-14-5-7-20-11-14/h8-9,13-14,18H,4-7,10-12H2,1-3H3. The molecule has 4 heteroatoms. The fourth-order valence-corrected chi connectivity index (χ4v) is 2.38. The number of aromatic nitrogens is 1. The molecule has 0 bridgehead atoms. The summed E-state index contributed by atoms with van der Waals surface area (Å²) in [4.78, 5) is 4.63. The van der Waals surface area contributed by atoms with Crippen LogP contribution in [0.15, 0.2) is 12.1 Å². The van der Waals surface area contributed by atoms with Crippen LogP contribution in [0.2, 0.25) is 0 Å². The average molecular weight is 292 g/mol. The summed E-state index contributed by atoms with van der Waals surface area (Å²) in [5.74, 6) is 1.67. The lowest BCUT2D eigenvalue weighted by Gasteiger charge is -2.14. The predicted octanol–water partition coefficient (Wildman–Crippen LogP) is 3.12. The van der Waals surface area contributed by atoms with Gasteiger partial charge in [0.1, 0.15) is 0 Å². The van der Waals surface area contributed by atoms with Crippen LogP contribution in [0.3, 0.4) is 0 Å². The molecular weight excluding hydrogens is 264 g/mol. The molecule has 1 aliphatic heterocycles. The van der Waals surface area contributed by atoms with Gasteiger partial charge in [-0.3, -0.25) is 0 Å². The van der Waals surface area contributed by atoms with E-state index >= 15 is 0 Å².